The van der Waals surface area contributed by atoms with E-state index in [2.05, 4.69) is 36.6 Å². The number of hydrogen-bond donors (Lipinski definition) is 2. The van der Waals surface area contributed by atoms with Gasteiger partial charge in [-0.2, -0.15) is 0 Å². The summed E-state index contributed by atoms with van der Waals surface area (Å²) in [5.41, 5.74) is 4.05. The van der Waals surface area contributed by atoms with Gasteiger partial charge in [-0.3, -0.25) is 4.79 Å². The number of carbonyl (C=O) groups is 2. The fraction of sp³-hybridized carbons (Fsp3) is 0.391. The molecule has 3 amide bonds. The molecule has 1 aliphatic rings. The van der Waals surface area contributed by atoms with E-state index >= 15 is 0 Å². The predicted molar refractivity (Wildman–Crippen MR) is 114 cm³/mol. The van der Waals surface area contributed by atoms with Crippen LogP contribution in [0.3, 0.4) is 0 Å². The summed E-state index contributed by atoms with van der Waals surface area (Å²) >= 11 is 0. The molecule has 0 atom stereocenters. The fourth-order valence-corrected chi connectivity index (χ4v) is 3.41. The average Bonchev–Trinajstić information content (AvgIpc) is 2.68. The van der Waals surface area contributed by atoms with Crippen LogP contribution in [0, 0.1) is 5.92 Å². The van der Waals surface area contributed by atoms with E-state index < -0.39 is 0 Å². The number of nitrogens with one attached hydrogen (secondary N) is 2. The van der Waals surface area contributed by atoms with Gasteiger partial charge in [0.15, 0.2) is 0 Å². The monoisotopic (exact) mass is 379 g/mol. The predicted octanol–water partition coefficient (Wildman–Crippen LogP) is 4.38. The number of hydrogen-bond acceptors (Lipinski definition) is 2. The zero-order valence-electron chi connectivity index (χ0n) is 16.7. The highest BCUT2D eigenvalue weighted by molar-refractivity contribution is 5.97. The minimum atomic E-state index is -0.209. The Morgan fingerprint density at radius 1 is 1.11 bits per heavy atom. The Bertz CT molecular complexity index is 818. The molecular weight excluding hydrogens is 350 g/mol. The molecule has 0 saturated heterocycles. The number of nitrogens with zero attached hydrogens (tertiary/aromatic N) is 1. The second-order valence-electron chi connectivity index (χ2n) is 7.69. The van der Waals surface area contributed by atoms with Crippen LogP contribution < -0.4 is 15.5 Å². The lowest BCUT2D eigenvalue weighted by molar-refractivity contribution is -0.118. The topological polar surface area (TPSA) is 61.4 Å². The van der Waals surface area contributed by atoms with E-state index in [1.165, 1.54) is 5.56 Å². The molecule has 2 N–H and O–H groups in total. The van der Waals surface area contributed by atoms with Gasteiger partial charge in [0.25, 0.3) is 0 Å². The molecule has 0 spiro atoms. The Hall–Kier alpha value is -2.82. The largest absolute Gasteiger partial charge is 0.338 e. The number of benzene rings is 2. The fourth-order valence-electron chi connectivity index (χ4n) is 3.41. The van der Waals surface area contributed by atoms with E-state index in [0.29, 0.717) is 18.9 Å². The van der Waals surface area contributed by atoms with E-state index in [1.54, 1.807) is 0 Å². The third-order valence-electron chi connectivity index (χ3n) is 5.01. The van der Waals surface area contributed by atoms with Crippen LogP contribution >= 0.6 is 0 Å². The first-order valence-electron chi connectivity index (χ1n) is 10.0. The van der Waals surface area contributed by atoms with Crippen molar-refractivity contribution in [2.75, 3.05) is 23.3 Å². The Morgan fingerprint density at radius 2 is 1.89 bits per heavy atom. The Labute approximate surface area is 167 Å². The molecule has 5 nitrogen and oxygen atoms in total. The standard InChI is InChI=1S/C23H29N3O2/c1-17(2)13-15-26-21-10-9-20(16-19(21)8-11-22(26)27)25-23(28)24-14-12-18-6-4-3-5-7-18/h3-7,9-10,16-17H,8,11-15H2,1-2H3,(H2,24,25,28). The first-order valence-corrected chi connectivity index (χ1v) is 10.0. The number of fused-ring (bicyclic) bond motifs is 1. The maximum absolute atomic E-state index is 12.3. The smallest absolute Gasteiger partial charge is 0.319 e. The van der Waals surface area contributed by atoms with Crippen molar-refractivity contribution in [3.8, 4) is 0 Å². The van der Waals surface area contributed by atoms with Gasteiger partial charge < -0.3 is 15.5 Å². The number of carbonyl (C=O) groups excluding carboxylic acids is 2. The highest BCUT2D eigenvalue weighted by Crippen LogP contribution is 2.30. The molecule has 1 aliphatic heterocycles. The lowest BCUT2D eigenvalue weighted by Crippen LogP contribution is -2.36. The molecule has 1 heterocycles. The van der Waals surface area contributed by atoms with Gasteiger partial charge in [0.2, 0.25) is 5.91 Å². The minimum absolute atomic E-state index is 0.188. The molecule has 2 aromatic carbocycles. The van der Waals surface area contributed by atoms with Gasteiger partial charge in [-0.25, -0.2) is 4.79 Å². The summed E-state index contributed by atoms with van der Waals surface area (Å²) in [4.78, 5) is 26.4. The van der Waals surface area contributed by atoms with Gasteiger partial charge in [0, 0.05) is 30.9 Å². The summed E-state index contributed by atoms with van der Waals surface area (Å²) in [6.07, 6.45) is 3.02. The summed E-state index contributed by atoms with van der Waals surface area (Å²) in [7, 11) is 0. The van der Waals surface area contributed by atoms with Gasteiger partial charge in [0.1, 0.15) is 0 Å². The quantitative estimate of drug-likeness (QED) is 0.750. The average molecular weight is 380 g/mol. The molecular formula is C23H29N3O2. The van der Waals surface area contributed by atoms with Crippen LogP contribution in [0.15, 0.2) is 48.5 Å². The second kappa shape index (κ2) is 9.40. The number of anilines is 2. The summed E-state index contributed by atoms with van der Waals surface area (Å²) in [6.45, 7) is 5.66. The zero-order chi connectivity index (χ0) is 19.9. The van der Waals surface area contributed by atoms with Crippen molar-refractivity contribution in [1.29, 1.82) is 0 Å². The van der Waals surface area contributed by atoms with Crippen LogP contribution in [-0.2, 0) is 17.6 Å². The molecule has 5 heteroatoms. The molecule has 0 fully saturated rings. The van der Waals surface area contributed by atoms with E-state index in [1.807, 2.05) is 41.3 Å². The molecule has 0 aromatic heterocycles. The second-order valence-corrected chi connectivity index (χ2v) is 7.69. The first-order chi connectivity index (χ1) is 13.5. The highest BCUT2D eigenvalue weighted by Gasteiger charge is 2.24. The first kappa shape index (κ1) is 19.9. The normalized spacial score (nSPS) is 13.4. The lowest BCUT2D eigenvalue weighted by atomic mass is 9.99. The summed E-state index contributed by atoms with van der Waals surface area (Å²) in [5.74, 6) is 0.742. The molecule has 28 heavy (non-hydrogen) atoms. The van der Waals surface area contributed by atoms with Gasteiger partial charge >= 0.3 is 6.03 Å². The third kappa shape index (κ3) is 5.35. The van der Waals surface area contributed by atoms with E-state index in [4.69, 9.17) is 0 Å². The summed E-state index contributed by atoms with van der Waals surface area (Å²) in [6, 6.07) is 15.7. The Balaban J connectivity index is 1.57. The van der Waals surface area contributed by atoms with Crippen LogP contribution in [0.1, 0.15) is 37.8 Å². The summed E-state index contributed by atoms with van der Waals surface area (Å²) in [5, 5.41) is 5.79. The third-order valence-corrected chi connectivity index (χ3v) is 5.01. The highest BCUT2D eigenvalue weighted by atomic mass is 16.2. The van der Waals surface area contributed by atoms with E-state index in [-0.39, 0.29) is 11.9 Å². The minimum Gasteiger partial charge on any atom is -0.338 e. The molecule has 0 aliphatic carbocycles. The van der Waals surface area contributed by atoms with Crippen molar-refractivity contribution in [2.45, 2.75) is 39.5 Å². The SMILES string of the molecule is CC(C)CCN1C(=O)CCc2cc(NC(=O)NCCc3ccccc3)ccc21. The maximum Gasteiger partial charge on any atom is 0.319 e. The van der Waals surface area contributed by atoms with Crippen LogP contribution in [0.25, 0.3) is 0 Å². The van der Waals surface area contributed by atoms with Crippen LogP contribution in [0.4, 0.5) is 16.2 Å². The van der Waals surface area contributed by atoms with Gasteiger partial charge in [-0.05, 0) is 54.5 Å². The number of amides is 3. The van der Waals surface area contributed by atoms with Crippen molar-refractivity contribution >= 4 is 23.3 Å². The number of urea groups is 1. The molecule has 0 radical (unpaired) electrons. The number of rotatable bonds is 7. The van der Waals surface area contributed by atoms with Crippen molar-refractivity contribution in [3.05, 3.63) is 59.7 Å². The van der Waals surface area contributed by atoms with Gasteiger partial charge in [-0.15, -0.1) is 0 Å². The molecule has 0 bridgehead atoms. The zero-order valence-corrected chi connectivity index (χ0v) is 16.7. The lowest BCUT2D eigenvalue weighted by Gasteiger charge is -2.30. The number of aryl methyl sites for hydroxylation is 1. The van der Waals surface area contributed by atoms with Crippen LogP contribution in [0.5, 0.6) is 0 Å². The molecule has 3 rings (SSSR count). The Morgan fingerprint density at radius 3 is 2.64 bits per heavy atom. The molecule has 0 saturated carbocycles. The Kier molecular flexibility index (Phi) is 6.69. The van der Waals surface area contributed by atoms with Crippen molar-refractivity contribution < 1.29 is 9.59 Å². The van der Waals surface area contributed by atoms with Gasteiger partial charge in [-0.1, -0.05) is 44.2 Å². The molecule has 148 valence electrons. The van der Waals surface area contributed by atoms with E-state index in [9.17, 15) is 9.59 Å². The maximum atomic E-state index is 12.3. The summed E-state index contributed by atoms with van der Waals surface area (Å²) < 4.78 is 0. The molecule has 2 aromatic rings. The van der Waals surface area contributed by atoms with Crippen LogP contribution in [0.2, 0.25) is 0 Å². The van der Waals surface area contributed by atoms with Gasteiger partial charge in [0.05, 0.1) is 0 Å². The van der Waals surface area contributed by atoms with Crippen molar-refractivity contribution in [2.24, 2.45) is 5.92 Å². The van der Waals surface area contributed by atoms with Crippen molar-refractivity contribution in [1.82, 2.24) is 5.32 Å². The molecule has 0 unspecified atom stereocenters. The van der Waals surface area contributed by atoms with Crippen molar-refractivity contribution in [3.63, 3.8) is 0 Å². The van der Waals surface area contributed by atoms with Crippen LogP contribution in [-0.4, -0.2) is 25.0 Å². The van der Waals surface area contributed by atoms with E-state index in [0.717, 1.165) is 42.7 Å².